The molecule has 3 N–H and O–H groups in total. The summed E-state index contributed by atoms with van der Waals surface area (Å²) in [5.41, 5.74) is 5.36. The van der Waals surface area contributed by atoms with Gasteiger partial charge in [0.15, 0.2) is 0 Å². The fraction of sp³-hybridized carbons (Fsp3) is 0.684. The van der Waals surface area contributed by atoms with Gasteiger partial charge in [0.2, 0.25) is 11.8 Å². The molecule has 5 rings (SSSR count). The van der Waals surface area contributed by atoms with Crippen molar-refractivity contribution in [3.63, 3.8) is 0 Å². The van der Waals surface area contributed by atoms with Gasteiger partial charge in [0.05, 0.1) is 11.1 Å². The summed E-state index contributed by atoms with van der Waals surface area (Å²) in [5.74, 6) is 1.15. The van der Waals surface area contributed by atoms with Gasteiger partial charge in [-0.1, -0.05) is 0 Å². The molecule has 6 nitrogen and oxygen atoms in total. The van der Waals surface area contributed by atoms with Gasteiger partial charge >= 0.3 is 0 Å². The molecule has 0 saturated heterocycles. The average molecular weight is 342 g/mol. The van der Waals surface area contributed by atoms with Crippen LogP contribution >= 0.6 is 0 Å². The zero-order valence-electron chi connectivity index (χ0n) is 14.9. The molecule has 0 aliphatic heterocycles. The predicted molar refractivity (Wildman–Crippen MR) is 92.2 cm³/mol. The van der Waals surface area contributed by atoms with E-state index in [-0.39, 0.29) is 23.3 Å². The molecule has 4 bridgehead atoms. The van der Waals surface area contributed by atoms with E-state index in [1.807, 2.05) is 13.8 Å². The van der Waals surface area contributed by atoms with Gasteiger partial charge in [-0.3, -0.25) is 19.6 Å². The quantitative estimate of drug-likeness (QED) is 0.867. The Morgan fingerprint density at radius 1 is 1.20 bits per heavy atom. The number of hydrogen-bond acceptors (Lipinski definition) is 4. The summed E-state index contributed by atoms with van der Waals surface area (Å²) in [6, 6.07) is 0.146. The highest BCUT2D eigenvalue weighted by molar-refractivity contribution is 5.87. The molecule has 5 atom stereocenters. The van der Waals surface area contributed by atoms with Crippen LogP contribution in [0.25, 0.3) is 0 Å². The summed E-state index contributed by atoms with van der Waals surface area (Å²) in [6.07, 6.45) is 9.67. The molecule has 1 heterocycles. The third-order valence-electron chi connectivity index (χ3n) is 6.86. The molecule has 0 radical (unpaired) electrons. The van der Waals surface area contributed by atoms with Gasteiger partial charge in [0.25, 0.3) is 0 Å². The van der Waals surface area contributed by atoms with Crippen LogP contribution in [0.15, 0.2) is 18.6 Å². The average Bonchev–Trinajstić information content (AvgIpc) is 2.58. The lowest BCUT2D eigenvalue weighted by molar-refractivity contribution is -0.148. The van der Waals surface area contributed by atoms with Crippen molar-refractivity contribution in [3.8, 4) is 0 Å². The molecule has 4 aliphatic carbocycles. The minimum atomic E-state index is -0.732. The standard InChI is InChI=1S/C19H26N4O2/c1-18(2,14-10-21-3-4-22-14)17(25)23-15-12-5-11-6-13(15)9-19(7-11,8-12)16(20)24/h3-4,10-13,15H,5-9H2,1-2H3,(H2,20,24)(H,23,25)/t11?,12-,13+,15?,19?. The van der Waals surface area contributed by atoms with Crippen molar-refractivity contribution in [2.24, 2.45) is 28.9 Å². The highest BCUT2D eigenvalue weighted by Crippen LogP contribution is 2.60. The van der Waals surface area contributed by atoms with Crippen LogP contribution in [0.5, 0.6) is 0 Å². The summed E-state index contributed by atoms with van der Waals surface area (Å²) in [7, 11) is 0. The van der Waals surface area contributed by atoms with Crippen LogP contribution in [0.4, 0.5) is 0 Å². The van der Waals surface area contributed by atoms with E-state index in [1.165, 1.54) is 0 Å². The number of hydrogen-bond donors (Lipinski definition) is 2. The number of nitrogens with two attached hydrogens (primary N) is 1. The van der Waals surface area contributed by atoms with E-state index in [4.69, 9.17) is 5.73 Å². The van der Waals surface area contributed by atoms with Crippen LogP contribution in [-0.2, 0) is 15.0 Å². The van der Waals surface area contributed by atoms with Crippen molar-refractivity contribution in [2.75, 3.05) is 0 Å². The van der Waals surface area contributed by atoms with Crippen molar-refractivity contribution in [1.82, 2.24) is 15.3 Å². The molecule has 4 fully saturated rings. The number of rotatable bonds is 4. The molecule has 2 amide bonds. The Kier molecular flexibility index (Phi) is 3.63. The number of nitrogens with one attached hydrogen (secondary N) is 1. The zero-order chi connectivity index (χ0) is 17.8. The zero-order valence-corrected chi connectivity index (χ0v) is 14.9. The molecule has 0 spiro atoms. The third kappa shape index (κ3) is 2.53. The van der Waals surface area contributed by atoms with Crippen LogP contribution in [0.1, 0.15) is 51.6 Å². The highest BCUT2D eigenvalue weighted by atomic mass is 16.2. The number of nitrogens with zero attached hydrogens (tertiary/aromatic N) is 2. The van der Waals surface area contributed by atoms with Crippen molar-refractivity contribution < 1.29 is 9.59 Å². The topological polar surface area (TPSA) is 98.0 Å². The maximum atomic E-state index is 13.0. The number of carbonyl (C=O) groups excluding carboxylic acids is 2. The molecule has 134 valence electrons. The molecule has 1 aromatic heterocycles. The van der Waals surface area contributed by atoms with Gasteiger partial charge in [0.1, 0.15) is 0 Å². The van der Waals surface area contributed by atoms with Gasteiger partial charge in [-0.2, -0.15) is 0 Å². The third-order valence-corrected chi connectivity index (χ3v) is 6.86. The Balaban J connectivity index is 1.53. The Morgan fingerprint density at radius 3 is 2.44 bits per heavy atom. The summed E-state index contributed by atoms with van der Waals surface area (Å²) >= 11 is 0. The fourth-order valence-corrected chi connectivity index (χ4v) is 5.63. The van der Waals surface area contributed by atoms with Gasteiger partial charge < -0.3 is 11.1 Å². The Bertz CT molecular complexity index is 687. The van der Waals surface area contributed by atoms with Gasteiger partial charge in [-0.25, -0.2) is 0 Å². The molecular weight excluding hydrogens is 316 g/mol. The van der Waals surface area contributed by atoms with Crippen LogP contribution < -0.4 is 11.1 Å². The van der Waals surface area contributed by atoms with Crippen molar-refractivity contribution in [1.29, 1.82) is 0 Å². The van der Waals surface area contributed by atoms with E-state index < -0.39 is 5.41 Å². The number of amides is 2. The maximum Gasteiger partial charge on any atom is 0.231 e. The largest absolute Gasteiger partial charge is 0.369 e. The first-order valence-electron chi connectivity index (χ1n) is 9.19. The molecule has 4 saturated carbocycles. The smallest absolute Gasteiger partial charge is 0.231 e. The highest BCUT2D eigenvalue weighted by Gasteiger charge is 2.58. The van der Waals surface area contributed by atoms with Crippen LogP contribution in [0.3, 0.4) is 0 Å². The first-order chi connectivity index (χ1) is 11.8. The van der Waals surface area contributed by atoms with E-state index in [0.29, 0.717) is 23.4 Å². The number of primary amides is 1. The lowest BCUT2D eigenvalue weighted by Crippen LogP contribution is -2.63. The lowest BCUT2D eigenvalue weighted by atomic mass is 9.47. The predicted octanol–water partition coefficient (Wildman–Crippen LogP) is 1.55. The number of aromatic nitrogens is 2. The molecule has 1 aromatic rings. The normalized spacial score (nSPS) is 36.2. The Labute approximate surface area is 148 Å². The first kappa shape index (κ1) is 16.5. The first-order valence-corrected chi connectivity index (χ1v) is 9.19. The molecule has 3 unspecified atom stereocenters. The Morgan fingerprint density at radius 2 is 1.88 bits per heavy atom. The van der Waals surface area contributed by atoms with E-state index >= 15 is 0 Å². The van der Waals surface area contributed by atoms with E-state index in [9.17, 15) is 9.59 Å². The van der Waals surface area contributed by atoms with E-state index in [2.05, 4.69) is 15.3 Å². The molecule has 4 aliphatic rings. The monoisotopic (exact) mass is 342 g/mol. The van der Waals surface area contributed by atoms with Gasteiger partial charge in [-0.15, -0.1) is 0 Å². The fourth-order valence-electron chi connectivity index (χ4n) is 5.63. The van der Waals surface area contributed by atoms with Crippen LogP contribution in [0, 0.1) is 23.2 Å². The molecule has 6 heteroatoms. The minimum absolute atomic E-state index is 0.0152. The second kappa shape index (κ2) is 5.51. The van der Waals surface area contributed by atoms with Crippen molar-refractivity contribution in [3.05, 3.63) is 24.3 Å². The maximum absolute atomic E-state index is 13.0. The SMILES string of the molecule is CC(C)(C(=O)NC1[C@@H]2CC3C[C@H]1CC(C(N)=O)(C3)C2)c1cnccn1. The van der Waals surface area contributed by atoms with Crippen molar-refractivity contribution >= 4 is 11.8 Å². The molecule has 25 heavy (non-hydrogen) atoms. The van der Waals surface area contributed by atoms with Gasteiger partial charge in [0, 0.05) is 30.0 Å². The minimum Gasteiger partial charge on any atom is -0.369 e. The van der Waals surface area contributed by atoms with Crippen LogP contribution in [-0.4, -0.2) is 27.8 Å². The van der Waals surface area contributed by atoms with E-state index in [1.54, 1.807) is 18.6 Å². The summed E-state index contributed by atoms with van der Waals surface area (Å²) < 4.78 is 0. The number of carbonyl (C=O) groups is 2. The molecule has 0 aromatic carbocycles. The summed E-state index contributed by atoms with van der Waals surface area (Å²) in [6.45, 7) is 3.76. The molecular formula is C19H26N4O2. The lowest BCUT2D eigenvalue weighted by Gasteiger charge is -2.59. The van der Waals surface area contributed by atoms with Crippen molar-refractivity contribution in [2.45, 2.75) is 57.4 Å². The Hall–Kier alpha value is -1.98. The van der Waals surface area contributed by atoms with Gasteiger partial charge in [-0.05, 0) is 63.7 Å². The summed E-state index contributed by atoms with van der Waals surface area (Å²) in [4.78, 5) is 33.4. The van der Waals surface area contributed by atoms with Crippen LogP contribution in [0.2, 0.25) is 0 Å². The summed E-state index contributed by atoms with van der Waals surface area (Å²) in [5, 5.41) is 3.30. The second-order valence-corrected chi connectivity index (χ2v) is 8.83. The van der Waals surface area contributed by atoms with E-state index in [0.717, 1.165) is 32.1 Å². The second-order valence-electron chi connectivity index (χ2n) is 8.83.